The van der Waals surface area contributed by atoms with Crippen LogP contribution in [0.3, 0.4) is 0 Å². The lowest BCUT2D eigenvalue weighted by atomic mass is 10.3. The number of hydrogen-bond acceptors (Lipinski definition) is 3. The summed E-state index contributed by atoms with van der Waals surface area (Å²) in [5.74, 6) is 0.862. The third kappa shape index (κ3) is 7.68. The molecule has 0 unspecified atom stereocenters. The van der Waals surface area contributed by atoms with Gasteiger partial charge >= 0.3 is 0 Å². The maximum Gasteiger partial charge on any atom is 0.223 e. The molecule has 0 aromatic carbocycles. The summed E-state index contributed by atoms with van der Waals surface area (Å²) in [4.78, 5) is 17.5. The Morgan fingerprint density at radius 1 is 1.40 bits per heavy atom. The summed E-state index contributed by atoms with van der Waals surface area (Å²) in [5.41, 5.74) is 1.20. The lowest BCUT2D eigenvalue weighted by molar-refractivity contribution is -0.128. The Morgan fingerprint density at radius 3 is 2.70 bits per heavy atom. The van der Waals surface area contributed by atoms with E-state index in [0.717, 1.165) is 12.5 Å². The SMILES string of the molecule is CCNC(=NCc1ccsc1)NCCC(=O)N(C)C.I. The van der Waals surface area contributed by atoms with Crippen molar-refractivity contribution in [1.29, 1.82) is 0 Å². The second kappa shape index (κ2) is 10.9. The highest BCUT2D eigenvalue weighted by Gasteiger charge is 2.04. The third-order valence-electron chi connectivity index (χ3n) is 2.47. The summed E-state index contributed by atoms with van der Waals surface area (Å²) in [6.45, 7) is 4.07. The lowest BCUT2D eigenvalue weighted by Gasteiger charge is -2.13. The second-order valence-electron chi connectivity index (χ2n) is 4.29. The Balaban J connectivity index is 0.00000361. The number of guanidine groups is 1. The molecule has 7 heteroatoms. The molecule has 1 amide bonds. The van der Waals surface area contributed by atoms with Crippen molar-refractivity contribution >= 4 is 47.2 Å². The molecular weight excluding hydrogens is 387 g/mol. The fraction of sp³-hybridized carbons (Fsp3) is 0.538. The number of carbonyl (C=O) groups is 1. The van der Waals surface area contributed by atoms with Crippen LogP contribution in [0.2, 0.25) is 0 Å². The van der Waals surface area contributed by atoms with E-state index in [1.54, 1.807) is 30.3 Å². The highest BCUT2D eigenvalue weighted by atomic mass is 127. The Kier molecular flexibility index (Phi) is 10.4. The molecular formula is C13H23IN4OS. The second-order valence-corrected chi connectivity index (χ2v) is 5.07. The maximum absolute atomic E-state index is 11.5. The van der Waals surface area contributed by atoms with Gasteiger partial charge in [-0.25, -0.2) is 4.99 Å². The first-order chi connectivity index (χ1) is 9.13. The van der Waals surface area contributed by atoms with Crippen LogP contribution in [0.5, 0.6) is 0 Å². The van der Waals surface area contributed by atoms with Gasteiger partial charge in [0.05, 0.1) is 6.54 Å². The molecule has 1 aromatic rings. The Bertz CT molecular complexity index is 407. The zero-order valence-corrected chi connectivity index (χ0v) is 15.3. The highest BCUT2D eigenvalue weighted by Crippen LogP contribution is 2.06. The summed E-state index contributed by atoms with van der Waals surface area (Å²) < 4.78 is 0. The van der Waals surface area contributed by atoms with E-state index < -0.39 is 0 Å². The van der Waals surface area contributed by atoms with Crippen molar-refractivity contribution in [3.63, 3.8) is 0 Å². The van der Waals surface area contributed by atoms with Crippen molar-refractivity contribution in [2.24, 2.45) is 4.99 Å². The number of carbonyl (C=O) groups excluding carboxylic acids is 1. The molecule has 0 spiro atoms. The molecule has 0 saturated carbocycles. The van der Waals surface area contributed by atoms with Crippen molar-refractivity contribution in [1.82, 2.24) is 15.5 Å². The van der Waals surface area contributed by atoms with Gasteiger partial charge in [0.25, 0.3) is 0 Å². The summed E-state index contributed by atoms with van der Waals surface area (Å²) in [7, 11) is 3.52. The van der Waals surface area contributed by atoms with Gasteiger partial charge in [0.15, 0.2) is 5.96 Å². The van der Waals surface area contributed by atoms with Crippen LogP contribution in [0.1, 0.15) is 18.9 Å². The van der Waals surface area contributed by atoms with Gasteiger partial charge in [0.1, 0.15) is 0 Å². The zero-order chi connectivity index (χ0) is 14.1. The molecule has 0 aliphatic rings. The van der Waals surface area contributed by atoms with Gasteiger partial charge in [-0.1, -0.05) is 0 Å². The van der Waals surface area contributed by atoms with E-state index in [1.807, 2.05) is 12.3 Å². The van der Waals surface area contributed by atoms with Gasteiger partial charge in [-0.15, -0.1) is 24.0 Å². The van der Waals surface area contributed by atoms with Crippen LogP contribution in [0, 0.1) is 0 Å². The number of nitrogens with one attached hydrogen (secondary N) is 2. The number of rotatable bonds is 6. The highest BCUT2D eigenvalue weighted by molar-refractivity contribution is 14.0. The summed E-state index contributed by atoms with van der Waals surface area (Å²) in [6, 6.07) is 2.06. The predicted octanol–water partition coefficient (Wildman–Crippen LogP) is 1.90. The molecule has 0 fully saturated rings. The first-order valence-electron chi connectivity index (χ1n) is 6.37. The molecule has 0 aliphatic heterocycles. The fourth-order valence-corrected chi connectivity index (χ4v) is 2.07. The number of halogens is 1. The van der Waals surface area contributed by atoms with Gasteiger partial charge in [-0.3, -0.25) is 4.79 Å². The Hall–Kier alpha value is -0.830. The summed E-state index contributed by atoms with van der Waals surface area (Å²) >= 11 is 1.67. The van der Waals surface area contributed by atoms with Crippen LogP contribution >= 0.6 is 35.3 Å². The van der Waals surface area contributed by atoms with Gasteiger partial charge in [0.2, 0.25) is 5.91 Å². The number of hydrogen-bond donors (Lipinski definition) is 2. The van der Waals surface area contributed by atoms with Crippen molar-refractivity contribution < 1.29 is 4.79 Å². The minimum Gasteiger partial charge on any atom is -0.357 e. The van der Waals surface area contributed by atoms with E-state index in [2.05, 4.69) is 27.1 Å². The molecule has 1 rings (SSSR count). The molecule has 2 N–H and O–H groups in total. The standard InChI is InChI=1S/C13H22N4OS.HI/c1-4-14-13(15-7-5-12(18)17(2)3)16-9-11-6-8-19-10-11;/h6,8,10H,4-5,7,9H2,1-3H3,(H2,14,15,16);1H. The molecule has 0 atom stereocenters. The van der Waals surface area contributed by atoms with E-state index in [0.29, 0.717) is 19.5 Å². The van der Waals surface area contributed by atoms with Crippen LogP contribution in [-0.2, 0) is 11.3 Å². The van der Waals surface area contributed by atoms with Gasteiger partial charge in [0, 0.05) is 33.6 Å². The number of amides is 1. The normalized spacial score (nSPS) is 10.7. The van der Waals surface area contributed by atoms with Crippen molar-refractivity contribution in [2.45, 2.75) is 19.9 Å². The van der Waals surface area contributed by atoms with Gasteiger partial charge < -0.3 is 15.5 Å². The molecule has 0 saturated heterocycles. The topological polar surface area (TPSA) is 56.7 Å². The van der Waals surface area contributed by atoms with E-state index in [4.69, 9.17) is 0 Å². The molecule has 1 heterocycles. The van der Waals surface area contributed by atoms with Crippen LogP contribution in [-0.4, -0.2) is 44.0 Å². The monoisotopic (exact) mass is 410 g/mol. The van der Waals surface area contributed by atoms with E-state index >= 15 is 0 Å². The average molecular weight is 410 g/mol. The Morgan fingerprint density at radius 2 is 2.15 bits per heavy atom. The van der Waals surface area contributed by atoms with Crippen molar-refractivity contribution in [2.75, 3.05) is 27.2 Å². The van der Waals surface area contributed by atoms with Crippen molar-refractivity contribution in [3.8, 4) is 0 Å². The van der Waals surface area contributed by atoms with Crippen molar-refractivity contribution in [3.05, 3.63) is 22.4 Å². The van der Waals surface area contributed by atoms with Gasteiger partial charge in [-0.2, -0.15) is 11.3 Å². The minimum absolute atomic E-state index is 0. The number of thiophene rings is 1. The quantitative estimate of drug-likeness (QED) is 0.428. The Labute approximate surface area is 141 Å². The summed E-state index contributed by atoms with van der Waals surface area (Å²) in [5, 5.41) is 10.5. The largest absolute Gasteiger partial charge is 0.357 e. The van der Waals surface area contributed by atoms with E-state index in [9.17, 15) is 4.79 Å². The molecule has 0 bridgehead atoms. The van der Waals surface area contributed by atoms with E-state index in [1.165, 1.54) is 5.56 Å². The maximum atomic E-state index is 11.5. The third-order valence-corrected chi connectivity index (χ3v) is 3.21. The zero-order valence-electron chi connectivity index (χ0n) is 12.2. The van der Waals surface area contributed by atoms with Crippen LogP contribution in [0.4, 0.5) is 0 Å². The molecule has 5 nitrogen and oxygen atoms in total. The summed E-state index contributed by atoms with van der Waals surface area (Å²) in [6.07, 6.45) is 0.468. The van der Waals surface area contributed by atoms with E-state index in [-0.39, 0.29) is 29.9 Å². The lowest BCUT2D eigenvalue weighted by Crippen LogP contribution is -2.39. The predicted molar refractivity (Wildman–Crippen MR) is 95.9 cm³/mol. The molecule has 1 aromatic heterocycles. The molecule has 0 radical (unpaired) electrons. The van der Waals surface area contributed by atoms with Crippen LogP contribution in [0.15, 0.2) is 21.8 Å². The molecule has 0 aliphatic carbocycles. The van der Waals surface area contributed by atoms with Crippen LogP contribution in [0.25, 0.3) is 0 Å². The average Bonchev–Trinajstić information content (AvgIpc) is 2.88. The molecule has 20 heavy (non-hydrogen) atoms. The smallest absolute Gasteiger partial charge is 0.223 e. The number of nitrogens with zero attached hydrogens (tertiary/aromatic N) is 2. The first-order valence-corrected chi connectivity index (χ1v) is 7.31. The number of aliphatic imine (C=N–C) groups is 1. The van der Waals surface area contributed by atoms with Crippen LogP contribution < -0.4 is 10.6 Å². The van der Waals surface area contributed by atoms with Gasteiger partial charge in [-0.05, 0) is 29.3 Å². The first kappa shape index (κ1) is 19.2. The minimum atomic E-state index is 0. The fourth-order valence-electron chi connectivity index (χ4n) is 1.41. The molecule has 114 valence electrons.